The van der Waals surface area contributed by atoms with Gasteiger partial charge in [0.25, 0.3) is 5.91 Å². The van der Waals surface area contributed by atoms with Gasteiger partial charge in [-0.3, -0.25) is 9.59 Å². The molecule has 0 unspecified atom stereocenters. The minimum Gasteiger partial charge on any atom is -0.497 e. The molecule has 2 N–H and O–H groups in total. The van der Waals surface area contributed by atoms with Crippen molar-refractivity contribution in [2.24, 2.45) is 5.92 Å². The van der Waals surface area contributed by atoms with E-state index in [-0.39, 0.29) is 30.2 Å². The van der Waals surface area contributed by atoms with E-state index in [2.05, 4.69) is 24.5 Å². The largest absolute Gasteiger partial charge is 0.497 e. The molecule has 0 aliphatic carbocycles. The van der Waals surface area contributed by atoms with Crippen LogP contribution in [-0.4, -0.2) is 25.5 Å². The van der Waals surface area contributed by atoms with Crippen LogP contribution in [0.4, 0.5) is 0 Å². The fourth-order valence-electron chi connectivity index (χ4n) is 2.48. The molecule has 0 fully saturated rings. The first-order valence-electron chi connectivity index (χ1n) is 8.25. The zero-order chi connectivity index (χ0) is 18.2. The smallest absolute Gasteiger partial charge is 0.252 e. The van der Waals surface area contributed by atoms with Crippen LogP contribution in [0.5, 0.6) is 5.75 Å². The van der Waals surface area contributed by atoms with Gasteiger partial charge >= 0.3 is 0 Å². The molecular formula is C19H24N2O3S. The standard InChI is InChI=1S/C19H24N2O3S/c1-13(2)18(14-4-6-16(24-3)7-5-14)21-17(22)8-10-20-19(23)15-9-11-25-12-15/h4-7,9,11-13,18H,8,10H2,1-3H3,(H,20,23)(H,21,22)/t18-/m0/s1. The van der Waals surface area contributed by atoms with Gasteiger partial charge in [0.2, 0.25) is 5.91 Å². The number of nitrogens with one attached hydrogen (secondary N) is 2. The van der Waals surface area contributed by atoms with E-state index in [1.807, 2.05) is 29.6 Å². The molecule has 0 aliphatic rings. The second kappa shape index (κ2) is 9.22. The maximum absolute atomic E-state index is 12.2. The summed E-state index contributed by atoms with van der Waals surface area (Å²) in [5.41, 5.74) is 1.66. The van der Waals surface area contributed by atoms with Gasteiger partial charge in [0, 0.05) is 23.9 Å². The van der Waals surface area contributed by atoms with Crippen molar-refractivity contribution >= 4 is 23.2 Å². The van der Waals surface area contributed by atoms with Gasteiger partial charge in [0.05, 0.1) is 13.2 Å². The summed E-state index contributed by atoms with van der Waals surface area (Å²) in [7, 11) is 1.63. The molecule has 0 bridgehead atoms. The maximum Gasteiger partial charge on any atom is 0.252 e. The quantitative estimate of drug-likeness (QED) is 0.758. The van der Waals surface area contributed by atoms with Crippen LogP contribution in [0, 0.1) is 5.92 Å². The lowest BCUT2D eigenvalue weighted by Gasteiger charge is -2.23. The molecule has 1 aromatic carbocycles. The average Bonchev–Trinajstić information content (AvgIpc) is 3.14. The monoisotopic (exact) mass is 360 g/mol. The molecule has 0 spiro atoms. The molecule has 134 valence electrons. The second-order valence-electron chi connectivity index (χ2n) is 6.08. The number of amides is 2. The van der Waals surface area contributed by atoms with Crippen LogP contribution < -0.4 is 15.4 Å². The molecular weight excluding hydrogens is 336 g/mol. The third kappa shape index (κ3) is 5.60. The van der Waals surface area contributed by atoms with Crippen molar-refractivity contribution < 1.29 is 14.3 Å². The Bertz CT molecular complexity index is 681. The summed E-state index contributed by atoms with van der Waals surface area (Å²) in [5, 5.41) is 9.45. The lowest BCUT2D eigenvalue weighted by Crippen LogP contribution is -2.34. The van der Waals surface area contributed by atoms with E-state index in [9.17, 15) is 9.59 Å². The van der Waals surface area contributed by atoms with Gasteiger partial charge in [0.15, 0.2) is 0 Å². The summed E-state index contributed by atoms with van der Waals surface area (Å²) in [5.74, 6) is 0.802. The van der Waals surface area contributed by atoms with E-state index in [1.165, 1.54) is 11.3 Å². The van der Waals surface area contributed by atoms with Crippen LogP contribution in [-0.2, 0) is 4.79 Å². The van der Waals surface area contributed by atoms with Crippen LogP contribution in [0.15, 0.2) is 41.1 Å². The van der Waals surface area contributed by atoms with Gasteiger partial charge in [-0.15, -0.1) is 0 Å². The van der Waals surface area contributed by atoms with E-state index < -0.39 is 0 Å². The number of rotatable bonds is 8. The number of carbonyl (C=O) groups is 2. The normalized spacial score (nSPS) is 11.8. The van der Waals surface area contributed by atoms with Crippen LogP contribution in [0.1, 0.15) is 42.2 Å². The number of carbonyl (C=O) groups excluding carboxylic acids is 2. The molecule has 1 atom stereocenters. The third-order valence-corrected chi connectivity index (χ3v) is 4.56. The highest BCUT2D eigenvalue weighted by Gasteiger charge is 2.18. The fraction of sp³-hybridized carbons (Fsp3) is 0.368. The minimum absolute atomic E-state index is 0.0778. The average molecular weight is 360 g/mol. The zero-order valence-electron chi connectivity index (χ0n) is 14.7. The first-order chi connectivity index (χ1) is 12.0. The van der Waals surface area contributed by atoms with Gasteiger partial charge in [-0.05, 0) is 35.1 Å². The van der Waals surface area contributed by atoms with Crippen molar-refractivity contribution in [3.63, 3.8) is 0 Å². The van der Waals surface area contributed by atoms with Crippen LogP contribution in [0.2, 0.25) is 0 Å². The van der Waals surface area contributed by atoms with E-state index >= 15 is 0 Å². The number of thiophene rings is 1. The summed E-state index contributed by atoms with van der Waals surface area (Å²) in [6.45, 7) is 4.44. The Labute approximate surface area is 152 Å². The van der Waals surface area contributed by atoms with Crippen molar-refractivity contribution in [3.05, 3.63) is 52.2 Å². The van der Waals surface area contributed by atoms with Gasteiger partial charge in [-0.2, -0.15) is 11.3 Å². The molecule has 2 amide bonds. The zero-order valence-corrected chi connectivity index (χ0v) is 15.6. The Kier molecular flexibility index (Phi) is 7.01. The molecule has 25 heavy (non-hydrogen) atoms. The number of hydrogen-bond acceptors (Lipinski definition) is 4. The Morgan fingerprint density at radius 3 is 2.44 bits per heavy atom. The van der Waals surface area contributed by atoms with Crippen molar-refractivity contribution in [3.8, 4) is 5.75 Å². The molecule has 1 aromatic heterocycles. The molecule has 0 radical (unpaired) electrons. The van der Waals surface area contributed by atoms with Crippen LogP contribution in [0.25, 0.3) is 0 Å². The number of hydrogen-bond donors (Lipinski definition) is 2. The Hall–Kier alpha value is -2.34. The van der Waals surface area contributed by atoms with Crippen molar-refractivity contribution in [2.75, 3.05) is 13.7 Å². The molecule has 0 saturated carbocycles. The summed E-state index contributed by atoms with van der Waals surface area (Å²) < 4.78 is 5.17. The number of benzene rings is 1. The van der Waals surface area contributed by atoms with E-state index in [4.69, 9.17) is 4.74 Å². The predicted octanol–water partition coefficient (Wildman–Crippen LogP) is 3.39. The Balaban J connectivity index is 1.86. The van der Waals surface area contributed by atoms with Crippen molar-refractivity contribution in [1.82, 2.24) is 10.6 Å². The maximum atomic E-state index is 12.2. The molecule has 2 aromatic rings. The first-order valence-corrected chi connectivity index (χ1v) is 9.19. The molecule has 0 aliphatic heterocycles. The van der Waals surface area contributed by atoms with Crippen LogP contribution >= 0.6 is 11.3 Å². The summed E-state index contributed by atoms with van der Waals surface area (Å²) >= 11 is 1.47. The van der Waals surface area contributed by atoms with Gasteiger partial charge < -0.3 is 15.4 Å². The van der Waals surface area contributed by atoms with Crippen molar-refractivity contribution in [1.29, 1.82) is 0 Å². The predicted molar refractivity (Wildman–Crippen MR) is 100.0 cm³/mol. The van der Waals surface area contributed by atoms with Gasteiger partial charge in [0.1, 0.15) is 5.75 Å². The molecule has 1 heterocycles. The topological polar surface area (TPSA) is 67.4 Å². The molecule has 5 nitrogen and oxygen atoms in total. The van der Waals surface area contributed by atoms with E-state index in [1.54, 1.807) is 18.6 Å². The highest BCUT2D eigenvalue weighted by atomic mass is 32.1. The molecule has 6 heteroatoms. The second-order valence-corrected chi connectivity index (χ2v) is 6.86. The highest BCUT2D eigenvalue weighted by molar-refractivity contribution is 7.08. The molecule has 0 saturated heterocycles. The fourth-order valence-corrected chi connectivity index (χ4v) is 3.11. The number of methoxy groups -OCH3 is 1. The first kappa shape index (κ1) is 19.0. The lowest BCUT2D eigenvalue weighted by molar-refractivity contribution is -0.122. The summed E-state index contributed by atoms with van der Waals surface area (Å²) in [6, 6.07) is 9.38. The lowest BCUT2D eigenvalue weighted by atomic mass is 9.96. The van der Waals surface area contributed by atoms with E-state index in [0.29, 0.717) is 12.1 Å². The third-order valence-electron chi connectivity index (χ3n) is 3.88. The SMILES string of the molecule is COc1ccc([C@@H](NC(=O)CCNC(=O)c2ccsc2)C(C)C)cc1. The summed E-state index contributed by atoms with van der Waals surface area (Å²) in [6.07, 6.45) is 0.245. The minimum atomic E-state index is -0.149. The molecule has 2 rings (SSSR count). The van der Waals surface area contributed by atoms with Crippen molar-refractivity contribution in [2.45, 2.75) is 26.3 Å². The van der Waals surface area contributed by atoms with Gasteiger partial charge in [-0.1, -0.05) is 26.0 Å². The Morgan fingerprint density at radius 2 is 1.88 bits per heavy atom. The highest BCUT2D eigenvalue weighted by Crippen LogP contribution is 2.23. The van der Waals surface area contributed by atoms with E-state index in [0.717, 1.165) is 11.3 Å². The number of ether oxygens (including phenoxy) is 1. The Morgan fingerprint density at radius 1 is 1.16 bits per heavy atom. The van der Waals surface area contributed by atoms with Gasteiger partial charge in [-0.25, -0.2) is 0 Å². The van der Waals surface area contributed by atoms with Crippen LogP contribution in [0.3, 0.4) is 0 Å². The summed E-state index contributed by atoms with van der Waals surface area (Å²) in [4.78, 5) is 24.1.